The summed E-state index contributed by atoms with van der Waals surface area (Å²) in [7, 11) is 0. The Labute approximate surface area is 187 Å². The number of aromatic nitrogens is 2. The standard InChI is InChI=1S/C24H19F3N4O2/c25-24(26,27)33-20-5-3-4-18(13-20)29-23(32)17-8-7-16-9-11-30(21(16)12-17)15-19-14-28-22-6-1-2-10-31(19)22/h1-8,10,12-14H,9,11,15H2,(H,29,32). The van der Waals surface area contributed by atoms with E-state index in [1.165, 1.54) is 18.2 Å². The predicted octanol–water partition coefficient (Wildman–Crippen LogP) is 5.05. The molecule has 9 heteroatoms. The number of hydrogen-bond acceptors (Lipinski definition) is 4. The summed E-state index contributed by atoms with van der Waals surface area (Å²) < 4.78 is 43.4. The number of rotatable bonds is 5. The van der Waals surface area contributed by atoms with E-state index in [0.717, 1.165) is 41.6 Å². The zero-order valence-corrected chi connectivity index (χ0v) is 17.3. The Morgan fingerprint density at radius 1 is 1.09 bits per heavy atom. The second kappa shape index (κ2) is 8.16. The number of fused-ring (bicyclic) bond motifs is 2. The van der Waals surface area contributed by atoms with Crippen molar-refractivity contribution in [2.75, 3.05) is 16.8 Å². The summed E-state index contributed by atoms with van der Waals surface area (Å²) >= 11 is 0. The van der Waals surface area contributed by atoms with Gasteiger partial charge in [-0.05, 0) is 48.4 Å². The molecule has 0 bridgehead atoms. The van der Waals surface area contributed by atoms with E-state index in [2.05, 4.69) is 19.9 Å². The Hall–Kier alpha value is -4.01. The first-order valence-corrected chi connectivity index (χ1v) is 10.3. The lowest BCUT2D eigenvalue weighted by Crippen LogP contribution is -2.21. The number of alkyl halides is 3. The second-order valence-corrected chi connectivity index (χ2v) is 7.72. The van der Waals surface area contributed by atoms with E-state index < -0.39 is 18.0 Å². The number of amides is 1. The van der Waals surface area contributed by atoms with E-state index in [9.17, 15) is 18.0 Å². The molecule has 168 valence electrons. The maximum Gasteiger partial charge on any atom is 0.573 e. The zero-order valence-electron chi connectivity index (χ0n) is 17.3. The highest BCUT2D eigenvalue weighted by molar-refractivity contribution is 6.05. The van der Waals surface area contributed by atoms with Gasteiger partial charge in [0, 0.05) is 35.7 Å². The molecule has 0 atom stereocenters. The highest BCUT2D eigenvalue weighted by Crippen LogP contribution is 2.31. The van der Waals surface area contributed by atoms with Crippen molar-refractivity contribution in [2.45, 2.75) is 19.3 Å². The summed E-state index contributed by atoms with van der Waals surface area (Å²) in [5.74, 6) is -0.808. The number of nitrogens with one attached hydrogen (secondary N) is 1. The fourth-order valence-electron chi connectivity index (χ4n) is 4.02. The Balaban J connectivity index is 1.34. The third-order valence-electron chi connectivity index (χ3n) is 5.51. The fourth-order valence-corrected chi connectivity index (χ4v) is 4.02. The number of carbonyl (C=O) groups excluding carboxylic acids is 1. The lowest BCUT2D eigenvalue weighted by Gasteiger charge is -2.19. The maximum absolute atomic E-state index is 12.8. The van der Waals surface area contributed by atoms with Crippen LogP contribution in [0, 0.1) is 0 Å². The van der Waals surface area contributed by atoms with E-state index in [1.807, 2.05) is 47.1 Å². The summed E-state index contributed by atoms with van der Waals surface area (Å²) in [6, 6.07) is 16.5. The van der Waals surface area contributed by atoms with Gasteiger partial charge in [0.1, 0.15) is 11.4 Å². The van der Waals surface area contributed by atoms with Gasteiger partial charge in [-0.25, -0.2) is 4.98 Å². The Morgan fingerprint density at radius 3 is 2.82 bits per heavy atom. The molecule has 5 rings (SSSR count). The number of anilines is 2. The van der Waals surface area contributed by atoms with Gasteiger partial charge in [0.05, 0.1) is 18.4 Å². The van der Waals surface area contributed by atoms with Gasteiger partial charge in [-0.1, -0.05) is 18.2 Å². The topological polar surface area (TPSA) is 58.9 Å². The van der Waals surface area contributed by atoms with Gasteiger partial charge in [-0.15, -0.1) is 13.2 Å². The van der Waals surface area contributed by atoms with Crippen LogP contribution < -0.4 is 15.0 Å². The molecule has 1 aliphatic heterocycles. The van der Waals surface area contributed by atoms with Crippen molar-refractivity contribution in [1.29, 1.82) is 0 Å². The van der Waals surface area contributed by atoms with Crippen LogP contribution in [0.3, 0.4) is 0 Å². The molecule has 6 nitrogen and oxygen atoms in total. The molecule has 1 aliphatic rings. The van der Waals surface area contributed by atoms with Crippen LogP contribution >= 0.6 is 0 Å². The van der Waals surface area contributed by atoms with Crippen LogP contribution in [0.5, 0.6) is 5.75 Å². The van der Waals surface area contributed by atoms with Crippen LogP contribution in [0.2, 0.25) is 0 Å². The number of ether oxygens (including phenoxy) is 1. The van der Waals surface area contributed by atoms with Gasteiger partial charge in [-0.3, -0.25) is 4.79 Å². The van der Waals surface area contributed by atoms with E-state index in [1.54, 1.807) is 6.07 Å². The number of pyridine rings is 1. The molecule has 4 aromatic rings. The molecule has 0 spiro atoms. The molecule has 1 N–H and O–H groups in total. The lowest BCUT2D eigenvalue weighted by atomic mass is 10.1. The van der Waals surface area contributed by atoms with Crippen molar-refractivity contribution in [2.24, 2.45) is 0 Å². The summed E-state index contributed by atoms with van der Waals surface area (Å²) in [6.45, 7) is 1.46. The van der Waals surface area contributed by atoms with Gasteiger partial charge in [0.15, 0.2) is 0 Å². The highest BCUT2D eigenvalue weighted by Gasteiger charge is 2.31. The first-order valence-electron chi connectivity index (χ1n) is 10.3. The fraction of sp³-hybridized carbons (Fsp3) is 0.167. The molecule has 1 amide bonds. The zero-order chi connectivity index (χ0) is 23.0. The summed E-state index contributed by atoms with van der Waals surface area (Å²) in [4.78, 5) is 19.4. The van der Waals surface area contributed by atoms with E-state index >= 15 is 0 Å². The van der Waals surface area contributed by atoms with Crippen LogP contribution in [0.4, 0.5) is 24.5 Å². The van der Waals surface area contributed by atoms with E-state index in [-0.39, 0.29) is 5.69 Å². The molecule has 2 aromatic carbocycles. The van der Waals surface area contributed by atoms with E-state index in [0.29, 0.717) is 12.1 Å². The molecular formula is C24H19F3N4O2. The van der Waals surface area contributed by atoms with E-state index in [4.69, 9.17) is 0 Å². The van der Waals surface area contributed by atoms with Crippen molar-refractivity contribution < 1.29 is 22.7 Å². The van der Waals surface area contributed by atoms with Gasteiger partial charge < -0.3 is 19.4 Å². The van der Waals surface area contributed by atoms with Gasteiger partial charge in [0.25, 0.3) is 5.91 Å². The molecule has 0 fully saturated rings. The summed E-state index contributed by atoms with van der Waals surface area (Å²) in [5, 5.41) is 2.64. The average molecular weight is 452 g/mol. The van der Waals surface area contributed by atoms with Crippen molar-refractivity contribution in [3.05, 3.63) is 89.9 Å². The SMILES string of the molecule is O=C(Nc1cccc(OC(F)(F)F)c1)c1ccc2c(c1)N(Cc1cnc3ccccn13)CC2. The summed E-state index contributed by atoms with van der Waals surface area (Å²) in [6.07, 6.45) is -0.118. The van der Waals surface area contributed by atoms with Crippen molar-refractivity contribution in [1.82, 2.24) is 9.38 Å². The molecule has 3 heterocycles. The minimum Gasteiger partial charge on any atom is -0.406 e. The third kappa shape index (κ3) is 4.48. The first-order chi connectivity index (χ1) is 15.9. The monoisotopic (exact) mass is 452 g/mol. The van der Waals surface area contributed by atoms with Crippen LogP contribution in [0.15, 0.2) is 73.1 Å². The molecule has 0 saturated heterocycles. The minimum atomic E-state index is -4.80. The van der Waals surface area contributed by atoms with Crippen LogP contribution in [0.1, 0.15) is 21.6 Å². The molecule has 0 radical (unpaired) electrons. The van der Waals surface area contributed by atoms with Crippen LogP contribution in [0.25, 0.3) is 5.65 Å². The van der Waals surface area contributed by atoms with Crippen molar-refractivity contribution in [3.63, 3.8) is 0 Å². The molecular weight excluding hydrogens is 433 g/mol. The number of hydrogen-bond donors (Lipinski definition) is 1. The number of halogens is 3. The quantitative estimate of drug-likeness (QED) is 0.461. The molecule has 2 aromatic heterocycles. The molecule has 33 heavy (non-hydrogen) atoms. The Bertz CT molecular complexity index is 1330. The first kappa shape index (κ1) is 20.9. The Kier molecular flexibility index (Phi) is 5.16. The smallest absolute Gasteiger partial charge is 0.406 e. The minimum absolute atomic E-state index is 0.213. The highest BCUT2D eigenvalue weighted by atomic mass is 19.4. The molecule has 0 saturated carbocycles. The number of carbonyl (C=O) groups is 1. The number of nitrogens with zero attached hydrogens (tertiary/aromatic N) is 3. The van der Waals surface area contributed by atoms with Gasteiger partial charge in [0.2, 0.25) is 0 Å². The maximum atomic E-state index is 12.8. The van der Waals surface area contributed by atoms with Crippen LogP contribution in [-0.4, -0.2) is 28.2 Å². The third-order valence-corrected chi connectivity index (χ3v) is 5.51. The lowest BCUT2D eigenvalue weighted by molar-refractivity contribution is -0.274. The summed E-state index contributed by atoms with van der Waals surface area (Å²) in [5.41, 5.74) is 4.64. The van der Waals surface area contributed by atoms with Gasteiger partial charge in [-0.2, -0.15) is 0 Å². The number of imidazole rings is 1. The molecule has 0 unspecified atom stereocenters. The second-order valence-electron chi connectivity index (χ2n) is 7.72. The van der Waals surface area contributed by atoms with Crippen molar-refractivity contribution >= 4 is 22.9 Å². The van der Waals surface area contributed by atoms with Crippen LogP contribution in [-0.2, 0) is 13.0 Å². The predicted molar refractivity (Wildman–Crippen MR) is 117 cm³/mol. The molecule has 0 aliphatic carbocycles. The Morgan fingerprint density at radius 2 is 1.97 bits per heavy atom. The largest absolute Gasteiger partial charge is 0.573 e. The normalized spacial score (nSPS) is 13.2. The average Bonchev–Trinajstić information content (AvgIpc) is 3.37. The number of benzene rings is 2. The van der Waals surface area contributed by atoms with Gasteiger partial charge >= 0.3 is 6.36 Å². The van der Waals surface area contributed by atoms with Crippen molar-refractivity contribution in [3.8, 4) is 5.75 Å².